The van der Waals surface area contributed by atoms with E-state index in [1.165, 1.54) is 4.40 Å². The summed E-state index contributed by atoms with van der Waals surface area (Å²) in [6.45, 7) is 1.35. The quantitative estimate of drug-likeness (QED) is 0.603. The fourth-order valence-corrected chi connectivity index (χ4v) is 3.74. The van der Waals surface area contributed by atoms with Crippen molar-refractivity contribution in [2.75, 3.05) is 13.2 Å². The highest BCUT2D eigenvalue weighted by atomic mass is 79.9. The number of thioether (sulfide) groups is 1. The molecule has 0 saturated carbocycles. The number of benzene rings is 1. The molecule has 2 aromatic heterocycles. The van der Waals surface area contributed by atoms with Crippen LogP contribution < -0.4 is 15.0 Å². The maximum Gasteiger partial charge on any atom is 0.258 e. The van der Waals surface area contributed by atoms with Crippen LogP contribution in [0.15, 0.2) is 56.8 Å². The molecule has 0 spiro atoms. The zero-order valence-corrected chi connectivity index (χ0v) is 15.7. The second kappa shape index (κ2) is 7.09. The molecule has 0 aliphatic carbocycles. The fraction of sp³-hybridized carbons (Fsp3) is 0.222. The van der Waals surface area contributed by atoms with Gasteiger partial charge < -0.3 is 9.47 Å². The molecule has 1 aromatic carbocycles. The molecule has 4 rings (SSSR count). The number of fused-ring (bicyclic) bond motifs is 2. The summed E-state index contributed by atoms with van der Waals surface area (Å²) in [4.78, 5) is 17.9. The lowest BCUT2D eigenvalue weighted by Crippen LogP contribution is -2.15. The Morgan fingerprint density at radius 2 is 1.96 bits per heavy atom. The smallest absolute Gasteiger partial charge is 0.258 e. The van der Waals surface area contributed by atoms with Crippen LogP contribution in [0.2, 0.25) is 0 Å². The molecule has 25 heavy (non-hydrogen) atoms. The Hall–Kier alpha value is -1.99. The first kappa shape index (κ1) is 16.5. The highest BCUT2D eigenvalue weighted by Gasteiger charge is 2.11. The topological polar surface area (TPSA) is 52.8 Å². The van der Waals surface area contributed by atoms with Crippen molar-refractivity contribution in [1.82, 2.24) is 9.38 Å². The summed E-state index contributed by atoms with van der Waals surface area (Å²) in [5.41, 5.74) is 1.31. The van der Waals surface area contributed by atoms with Crippen molar-refractivity contribution in [3.05, 3.63) is 63.1 Å². The summed E-state index contributed by atoms with van der Waals surface area (Å²) in [6, 6.07) is 11.2. The average Bonchev–Trinajstić information content (AvgIpc) is 2.85. The zero-order chi connectivity index (χ0) is 17.2. The van der Waals surface area contributed by atoms with E-state index in [1.54, 1.807) is 24.0 Å². The molecule has 128 valence electrons. The third-order valence-corrected chi connectivity index (χ3v) is 5.28. The monoisotopic (exact) mass is 418 g/mol. The van der Waals surface area contributed by atoms with Gasteiger partial charge in [0.05, 0.1) is 18.9 Å². The van der Waals surface area contributed by atoms with E-state index in [0.717, 1.165) is 33.0 Å². The van der Waals surface area contributed by atoms with Gasteiger partial charge >= 0.3 is 0 Å². The highest BCUT2D eigenvalue weighted by Crippen LogP contribution is 2.34. The first-order valence-electron chi connectivity index (χ1n) is 7.89. The van der Waals surface area contributed by atoms with E-state index in [1.807, 2.05) is 30.3 Å². The Labute approximate surface area is 157 Å². The molecular weight excluding hydrogens is 404 g/mol. The minimum atomic E-state index is -0.0828. The summed E-state index contributed by atoms with van der Waals surface area (Å²) >= 11 is 4.99. The number of hydrogen-bond donors (Lipinski definition) is 0. The summed E-state index contributed by atoms with van der Waals surface area (Å²) < 4.78 is 13.7. The van der Waals surface area contributed by atoms with E-state index in [0.29, 0.717) is 24.6 Å². The molecule has 0 unspecified atom stereocenters. The van der Waals surface area contributed by atoms with Crippen LogP contribution >= 0.6 is 27.7 Å². The first-order chi connectivity index (χ1) is 12.2. The molecule has 1 aliphatic heterocycles. The van der Waals surface area contributed by atoms with Crippen LogP contribution in [0.3, 0.4) is 0 Å². The van der Waals surface area contributed by atoms with Gasteiger partial charge in [0, 0.05) is 33.8 Å². The lowest BCUT2D eigenvalue weighted by molar-refractivity contribution is 0.297. The lowest BCUT2D eigenvalue weighted by atomic mass is 10.3. The first-order valence-corrected chi connectivity index (χ1v) is 9.67. The second-order valence-corrected chi connectivity index (χ2v) is 7.57. The molecular formula is C18H15BrN2O3S. The van der Waals surface area contributed by atoms with Crippen molar-refractivity contribution < 1.29 is 9.47 Å². The van der Waals surface area contributed by atoms with Crippen molar-refractivity contribution in [3.8, 4) is 11.5 Å². The predicted octanol–water partition coefficient (Wildman–Crippen LogP) is 3.91. The second-order valence-electron chi connectivity index (χ2n) is 5.61. The van der Waals surface area contributed by atoms with E-state index < -0.39 is 0 Å². The van der Waals surface area contributed by atoms with Gasteiger partial charge in [-0.2, -0.15) is 0 Å². The number of hydrogen-bond acceptors (Lipinski definition) is 5. The van der Waals surface area contributed by atoms with Crippen LogP contribution in [0, 0.1) is 0 Å². The predicted molar refractivity (Wildman–Crippen MR) is 101 cm³/mol. The molecule has 0 saturated heterocycles. The van der Waals surface area contributed by atoms with E-state index in [2.05, 4.69) is 20.9 Å². The summed E-state index contributed by atoms with van der Waals surface area (Å²) in [5, 5.41) is 0. The maximum atomic E-state index is 12.2. The van der Waals surface area contributed by atoms with Gasteiger partial charge in [-0.1, -0.05) is 0 Å². The van der Waals surface area contributed by atoms with Gasteiger partial charge in [0.2, 0.25) is 0 Å². The summed E-state index contributed by atoms with van der Waals surface area (Å²) in [6.07, 6.45) is 2.61. The van der Waals surface area contributed by atoms with Crippen molar-refractivity contribution in [1.29, 1.82) is 0 Å². The highest BCUT2D eigenvalue weighted by molar-refractivity contribution is 9.10. The normalized spacial score (nSPS) is 13.6. The van der Waals surface area contributed by atoms with Crippen molar-refractivity contribution >= 4 is 33.3 Å². The standard InChI is InChI=1S/C18H15BrN2O3S/c19-12-2-5-17-20-13(8-18(22)21(17)10-12)11-25-14-3-4-15-16(9-14)24-7-1-6-23-15/h2-5,8-10H,1,6-7,11H2. The third kappa shape index (κ3) is 3.67. The Morgan fingerprint density at radius 1 is 1.12 bits per heavy atom. The van der Waals surface area contributed by atoms with Crippen molar-refractivity contribution in [2.24, 2.45) is 0 Å². The third-order valence-electron chi connectivity index (χ3n) is 3.78. The molecule has 7 heteroatoms. The minimum absolute atomic E-state index is 0.0828. The molecule has 0 N–H and O–H groups in total. The van der Waals surface area contributed by atoms with E-state index >= 15 is 0 Å². The fourth-order valence-electron chi connectivity index (χ4n) is 2.59. The largest absolute Gasteiger partial charge is 0.490 e. The number of rotatable bonds is 3. The zero-order valence-electron chi connectivity index (χ0n) is 13.3. The number of halogens is 1. The number of ether oxygens (including phenoxy) is 2. The van der Waals surface area contributed by atoms with E-state index in [-0.39, 0.29) is 5.56 Å². The molecule has 0 atom stereocenters. The lowest BCUT2D eigenvalue weighted by Gasteiger charge is -2.09. The molecule has 0 radical (unpaired) electrons. The van der Waals surface area contributed by atoms with Gasteiger partial charge in [0.1, 0.15) is 5.65 Å². The number of nitrogens with zero attached hydrogens (tertiary/aromatic N) is 2. The van der Waals surface area contributed by atoms with E-state index in [9.17, 15) is 4.79 Å². The van der Waals surface area contributed by atoms with Crippen LogP contribution in [0.1, 0.15) is 12.1 Å². The SMILES string of the molecule is O=c1cc(CSc2ccc3c(c2)OCCCO3)nc2ccc(Br)cn12. The number of pyridine rings is 1. The molecule has 3 aromatic rings. The molecule has 0 amide bonds. The van der Waals surface area contributed by atoms with Gasteiger partial charge in [-0.3, -0.25) is 9.20 Å². The van der Waals surface area contributed by atoms with Gasteiger partial charge in [0.15, 0.2) is 11.5 Å². The summed E-state index contributed by atoms with van der Waals surface area (Å²) in [5.74, 6) is 2.18. The van der Waals surface area contributed by atoms with E-state index in [4.69, 9.17) is 9.47 Å². The number of aromatic nitrogens is 2. The molecule has 3 heterocycles. The van der Waals surface area contributed by atoms with Crippen molar-refractivity contribution in [3.63, 3.8) is 0 Å². The van der Waals surface area contributed by atoms with Crippen LogP contribution in [0.25, 0.3) is 5.65 Å². The van der Waals surface area contributed by atoms with Crippen LogP contribution in [-0.2, 0) is 5.75 Å². The Bertz CT molecular complexity index is 990. The van der Waals surface area contributed by atoms with Crippen LogP contribution in [0.4, 0.5) is 0 Å². The van der Waals surface area contributed by atoms with Crippen molar-refractivity contribution in [2.45, 2.75) is 17.1 Å². The molecule has 1 aliphatic rings. The Balaban J connectivity index is 1.55. The van der Waals surface area contributed by atoms with Crippen LogP contribution in [-0.4, -0.2) is 22.6 Å². The van der Waals surface area contributed by atoms with Gasteiger partial charge in [-0.15, -0.1) is 11.8 Å². The summed E-state index contributed by atoms with van der Waals surface area (Å²) in [7, 11) is 0. The molecule has 0 fully saturated rings. The molecule has 0 bridgehead atoms. The van der Waals surface area contributed by atoms with Gasteiger partial charge in [-0.05, 0) is 46.3 Å². The van der Waals surface area contributed by atoms with Gasteiger partial charge in [-0.25, -0.2) is 4.98 Å². The van der Waals surface area contributed by atoms with Crippen LogP contribution in [0.5, 0.6) is 11.5 Å². The Kier molecular flexibility index (Phi) is 4.67. The maximum absolute atomic E-state index is 12.2. The Morgan fingerprint density at radius 3 is 2.84 bits per heavy atom. The minimum Gasteiger partial charge on any atom is -0.490 e. The molecule has 5 nitrogen and oxygen atoms in total. The van der Waals surface area contributed by atoms with Gasteiger partial charge in [0.25, 0.3) is 5.56 Å². The average molecular weight is 419 g/mol.